The third-order valence-corrected chi connectivity index (χ3v) is 2.75. The average molecular weight is 203 g/mol. The summed E-state index contributed by atoms with van der Waals surface area (Å²) in [6.07, 6.45) is 0.894. The molecule has 15 heavy (non-hydrogen) atoms. The maximum absolute atomic E-state index is 5.65. The van der Waals surface area contributed by atoms with Crippen LogP contribution >= 0.6 is 0 Å². The molecule has 80 valence electrons. The van der Waals surface area contributed by atoms with E-state index < -0.39 is 0 Å². The van der Waals surface area contributed by atoms with Crippen LogP contribution < -0.4 is 5.73 Å². The molecule has 0 saturated carbocycles. The van der Waals surface area contributed by atoms with Crippen LogP contribution in [-0.4, -0.2) is 17.4 Å². The van der Waals surface area contributed by atoms with Gasteiger partial charge in [0.05, 0.1) is 6.54 Å². The number of hydrogen-bond acceptors (Lipinski definition) is 3. The summed E-state index contributed by atoms with van der Waals surface area (Å²) >= 11 is 0. The lowest BCUT2D eigenvalue weighted by Gasteiger charge is -2.15. The van der Waals surface area contributed by atoms with Crippen molar-refractivity contribution >= 4 is 5.84 Å². The highest BCUT2D eigenvalue weighted by atomic mass is 15.5. The summed E-state index contributed by atoms with van der Waals surface area (Å²) in [5.41, 5.74) is 9.62. The Morgan fingerprint density at radius 1 is 1.40 bits per heavy atom. The molecule has 0 spiro atoms. The van der Waals surface area contributed by atoms with Crippen LogP contribution in [-0.2, 0) is 6.54 Å². The molecule has 1 heterocycles. The molecule has 0 aromatic heterocycles. The first kappa shape index (κ1) is 10.0. The van der Waals surface area contributed by atoms with Gasteiger partial charge in [-0.25, -0.2) is 0 Å². The SMILES string of the molecule is Cc1ccc(CN2CCC(N)=N2)c(C)c1. The molecule has 0 radical (unpaired) electrons. The van der Waals surface area contributed by atoms with Gasteiger partial charge in [0.1, 0.15) is 5.84 Å². The molecule has 3 heteroatoms. The van der Waals surface area contributed by atoms with Crippen LogP contribution in [0.2, 0.25) is 0 Å². The monoisotopic (exact) mass is 203 g/mol. The molecule has 1 aliphatic heterocycles. The summed E-state index contributed by atoms with van der Waals surface area (Å²) in [5, 5.41) is 6.31. The van der Waals surface area contributed by atoms with E-state index in [9.17, 15) is 0 Å². The molecular weight excluding hydrogens is 186 g/mol. The van der Waals surface area contributed by atoms with Crippen molar-refractivity contribution in [3.05, 3.63) is 34.9 Å². The number of rotatable bonds is 2. The normalized spacial score (nSPS) is 15.6. The number of hydrazone groups is 1. The number of nitrogens with two attached hydrogens (primary N) is 1. The van der Waals surface area contributed by atoms with Crippen molar-refractivity contribution in [2.45, 2.75) is 26.8 Å². The molecule has 0 saturated heterocycles. The summed E-state index contributed by atoms with van der Waals surface area (Å²) in [6, 6.07) is 6.53. The number of nitrogens with zero attached hydrogens (tertiary/aromatic N) is 2. The Morgan fingerprint density at radius 3 is 2.80 bits per heavy atom. The first-order chi connectivity index (χ1) is 7.15. The minimum atomic E-state index is 0.750. The molecule has 1 aliphatic rings. The fraction of sp³-hybridized carbons (Fsp3) is 0.417. The lowest BCUT2D eigenvalue weighted by molar-refractivity contribution is 0.309. The molecule has 0 unspecified atom stereocenters. The van der Waals surface area contributed by atoms with Crippen molar-refractivity contribution < 1.29 is 0 Å². The Balaban J connectivity index is 2.11. The maximum Gasteiger partial charge on any atom is 0.121 e. The van der Waals surface area contributed by atoms with Gasteiger partial charge in [-0.05, 0) is 25.0 Å². The molecule has 1 aromatic carbocycles. The summed E-state index contributed by atoms with van der Waals surface area (Å²) < 4.78 is 0. The van der Waals surface area contributed by atoms with Gasteiger partial charge in [0, 0.05) is 13.0 Å². The molecule has 2 rings (SSSR count). The summed E-state index contributed by atoms with van der Waals surface area (Å²) in [7, 11) is 0. The number of amidine groups is 1. The largest absolute Gasteiger partial charge is 0.386 e. The van der Waals surface area contributed by atoms with Crippen LogP contribution in [0.5, 0.6) is 0 Å². The fourth-order valence-electron chi connectivity index (χ4n) is 1.86. The van der Waals surface area contributed by atoms with E-state index in [1.54, 1.807) is 0 Å². The first-order valence-corrected chi connectivity index (χ1v) is 5.29. The van der Waals surface area contributed by atoms with Gasteiger partial charge in [0.2, 0.25) is 0 Å². The molecule has 3 nitrogen and oxygen atoms in total. The Hall–Kier alpha value is -1.51. The zero-order chi connectivity index (χ0) is 10.8. The average Bonchev–Trinajstić information content (AvgIpc) is 2.56. The zero-order valence-electron chi connectivity index (χ0n) is 9.33. The number of aryl methyl sites for hydroxylation is 2. The minimum absolute atomic E-state index is 0.750. The first-order valence-electron chi connectivity index (χ1n) is 5.29. The number of hydrogen-bond donors (Lipinski definition) is 1. The van der Waals surface area contributed by atoms with E-state index in [-0.39, 0.29) is 0 Å². The topological polar surface area (TPSA) is 41.6 Å². The molecule has 1 aromatic rings. The van der Waals surface area contributed by atoms with Crippen LogP contribution in [0.1, 0.15) is 23.1 Å². The highest BCUT2D eigenvalue weighted by Gasteiger charge is 2.12. The maximum atomic E-state index is 5.65. The van der Waals surface area contributed by atoms with Gasteiger partial charge in [0.15, 0.2) is 0 Å². The van der Waals surface area contributed by atoms with Crippen molar-refractivity contribution in [2.75, 3.05) is 6.54 Å². The van der Waals surface area contributed by atoms with Crippen LogP contribution in [0.25, 0.3) is 0 Å². The zero-order valence-corrected chi connectivity index (χ0v) is 9.33. The van der Waals surface area contributed by atoms with E-state index in [0.29, 0.717) is 0 Å². The molecular formula is C12H17N3. The van der Waals surface area contributed by atoms with Crippen LogP contribution in [0, 0.1) is 13.8 Å². The highest BCUT2D eigenvalue weighted by molar-refractivity contribution is 5.81. The molecule has 0 fully saturated rings. The standard InChI is InChI=1S/C12H17N3/c1-9-3-4-11(10(2)7-9)8-15-6-5-12(13)14-15/h3-4,7H,5-6,8H2,1-2H3,(H2,13,14). The third kappa shape index (κ3) is 2.29. The van der Waals surface area contributed by atoms with Crippen LogP contribution in [0.15, 0.2) is 23.3 Å². The van der Waals surface area contributed by atoms with Crippen molar-refractivity contribution in [3.63, 3.8) is 0 Å². The van der Waals surface area contributed by atoms with E-state index >= 15 is 0 Å². The Morgan fingerprint density at radius 2 is 2.20 bits per heavy atom. The molecule has 0 aliphatic carbocycles. The van der Waals surface area contributed by atoms with Crippen molar-refractivity contribution in [2.24, 2.45) is 10.8 Å². The van der Waals surface area contributed by atoms with Crippen LogP contribution in [0.3, 0.4) is 0 Å². The lowest BCUT2D eigenvalue weighted by atomic mass is 10.1. The summed E-state index contributed by atoms with van der Waals surface area (Å²) in [4.78, 5) is 0. The Kier molecular flexibility index (Phi) is 2.62. The second kappa shape index (κ2) is 3.93. The van der Waals surface area contributed by atoms with E-state index in [4.69, 9.17) is 5.73 Å². The predicted octanol–water partition coefficient (Wildman–Crippen LogP) is 1.78. The Bertz CT molecular complexity index is 396. The molecule has 0 atom stereocenters. The predicted molar refractivity (Wildman–Crippen MR) is 62.6 cm³/mol. The van der Waals surface area contributed by atoms with Gasteiger partial charge in [-0.3, -0.25) is 5.01 Å². The van der Waals surface area contributed by atoms with E-state index in [2.05, 4.69) is 37.1 Å². The van der Waals surface area contributed by atoms with Crippen LogP contribution in [0.4, 0.5) is 0 Å². The highest BCUT2D eigenvalue weighted by Crippen LogP contribution is 2.15. The van der Waals surface area contributed by atoms with Crippen molar-refractivity contribution in [3.8, 4) is 0 Å². The van der Waals surface area contributed by atoms with Gasteiger partial charge in [0.25, 0.3) is 0 Å². The van der Waals surface area contributed by atoms with E-state index in [1.807, 2.05) is 5.01 Å². The Labute approximate surface area is 90.6 Å². The fourth-order valence-corrected chi connectivity index (χ4v) is 1.86. The van der Waals surface area contributed by atoms with Gasteiger partial charge in [-0.15, -0.1) is 0 Å². The second-order valence-electron chi connectivity index (χ2n) is 4.16. The summed E-state index contributed by atoms with van der Waals surface area (Å²) in [5.74, 6) is 0.750. The quantitative estimate of drug-likeness (QED) is 0.796. The van der Waals surface area contributed by atoms with Gasteiger partial charge in [-0.2, -0.15) is 5.10 Å². The van der Waals surface area contributed by atoms with Crippen molar-refractivity contribution in [1.29, 1.82) is 0 Å². The van der Waals surface area contributed by atoms with Gasteiger partial charge < -0.3 is 5.73 Å². The molecule has 2 N–H and O–H groups in total. The van der Waals surface area contributed by atoms with Crippen molar-refractivity contribution in [1.82, 2.24) is 5.01 Å². The summed E-state index contributed by atoms with van der Waals surface area (Å²) in [6.45, 7) is 6.07. The van der Waals surface area contributed by atoms with Gasteiger partial charge in [-0.1, -0.05) is 23.8 Å². The minimum Gasteiger partial charge on any atom is -0.386 e. The molecule has 0 amide bonds. The third-order valence-electron chi connectivity index (χ3n) is 2.75. The van der Waals surface area contributed by atoms with E-state index in [1.165, 1.54) is 16.7 Å². The number of benzene rings is 1. The lowest BCUT2D eigenvalue weighted by Crippen LogP contribution is -2.14. The van der Waals surface area contributed by atoms with E-state index in [0.717, 1.165) is 25.3 Å². The second-order valence-corrected chi connectivity index (χ2v) is 4.16. The smallest absolute Gasteiger partial charge is 0.121 e. The van der Waals surface area contributed by atoms with Gasteiger partial charge >= 0.3 is 0 Å². The molecule has 0 bridgehead atoms.